The van der Waals surface area contributed by atoms with E-state index in [1.165, 1.54) is 0 Å². The molecule has 0 spiro atoms. The largest absolute Gasteiger partial charge is 0.481 e. The fourth-order valence-electron chi connectivity index (χ4n) is 2.66. The van der Waals surface area contributed by atoms with Crippen LogP contribution in [0.2, 0.25) is 0 Å². The number of hydrogen-bond donors (Lipinski definition) is 1. The van der Waals surface area contributed by atoms with Crippen LogP contribution in [-0.2, 0) is 15.8 Å². The highest BCUT2D eigenvalue weighted by molar-refractivity contribution is 7.82. The van der Waals surface area contributed by atoms with Crippen molar-refractivity contribution in [2.24, 2.45) is 5.92 Å². The van der Waals surface area contributed by atoms with Gasteiger partial charge in [-0.1, -0.05) is 26.7 Å². The number of nitrogens with zero attached hydrogens (tertiary/aromatic N) is 2. The molecule has 21 heavy (non-hydrogen) atoms. The summed E-state index contributed by atoms with van der Waals surface area (Å²) < 4.78 is 14.4. The average molecular weight is 318 g/mol. The van der Waals surface area contributed by atoms with E-state index < -0.39 is 17.0 Å². The van der Waals surface area contributed by atoms with E-state index in [4.69, 9.17) is 5.11 Å². The molecule has 5 nitrogen and oxygen atoms in total. The van der Waals surface area contributed by atoms with Gasteiger partial charge in [-0.2, -0.15) is 0 Å². The Hall–Kier alpha value is -0.460. The summed E-state index contributed by atoms with van der Waals surface area (Å²) in [5.74, 6) is -0.156. The number of aliphatic carboxylic acids is 1. The molecule has 0 aromatic heterocycles. The van der Waals surface area contributed by atoms with Crippen molar-refractivity contribution in [2.45, 2.75) is 46.0 Å². The molecule has 1 rings (SSSR count). The summed E-state index contributed by atoms with van der Waals surface area (Å²) in [6.45, 7) is 8.19. The molecular formula is C15H30N2O3S. The summed E-state index contributed by atoms with van der Waals surface area (Å²) in [5.41, 5.74) is 0. The van der Waals surface area contributed by atoms with Gasteiger partial charge in [0.15, 0.2) is 0 Å². The van der Waals surface area contributed by atoms with Crippen molar-refractivity contribution in [3.63, 3.8) is 0 Å². The first-order valence-corrected chi connectivity index (χ1v) is 9.44. The van der Waals surface area contributed by atoms with Crippen LogP contribution in [0.3, 0.4) is 0 Å². The lowest BCUT2D eigenvalue weighted by Crippen LogP contribution is -2.37. The van der Waals surface area contributed by atoms with Crippen molar-refractivity contribution in [1.29, 1.82) is 0 Å². The minimum Gasteiger partial charge on any atom is -0.481 e. The topological polar surface area (TPSA) is 60.9 Å². The van der Waals surface area contributed by atoms with Crippen LogP contribution in [0.1, 0.15) is 46.0 Å². The predicted octanol–water partition coefficient (Wildman–Crippen LogP) is 1.96. The van der Waals surface area contributed by atoms with E-state index in [-0.39, 0.29) is 5.92 Å². The molecule has 0 aromatic carbocycles. The van der Waals surface area contributed by atoms with Gasteiger partial charge in [-0.15, -0.1) is 0 Å². The number of hydrogen-bond acceptors (Lipinski definition) is 3. The van der Waals surface area contributed by atoms with E-state index >= 15 is 0 Å². The number of likely N-dealkylation sites (tertiary alicyclic amines) is 1. The summed E-state index contributed by atoms with van der Waals surface area (Å²) in [6.07, 6.45) is 5.04. The molecule has 124 valence electrons. The van der Waals surface area contributed by atoms with Crippen LogP contribution in [-0.4, -0.2) is 63.0 Å². The van der Waals surface area contributed by atoms with E-state index in [9.17, 15) is 9.00 Å². The smallest absolute Gasteiger partial charge is 0.307 e. The summed E-state index contributed by atoms with van der Waals surface area (Å²) in [4.78, 5) is 13.1. The summed E-state index contributed by atoms with van der Waals surface area (Å²) in [5, 5.41) is 9.02. The zero-order valence-electron chi connectivity index (χ0n) is 13.4. The zero-order chi connectivity index (χ0) is 15.7. The van der Waals surface area contributed by atoms with Crippen LogP contribution in [0.5, 0.6) is 0 Å². The molecule has 2 unspecified atom stereocenters. The standard InChI is InChI=1S/C15H30N2O3S/c1-3-5-6-12-21(20)17(8-4-2)11-10-16-9-7-14(13-16)15(18)19/h14H,3-13H2,1-2H3,(H,18,19). The van der Waals surface area contributed by atoms with Gasteiger partial charge in [0.25, 0.3) is 0 Å². The third-order valence-electron chi connectivity index (χ3n) is 3.97. The third-order valence-corrected chi connectivity index (χ3v) is 5.55. The molecule has 0 aliphatic carbocycles. The lowest BCUT2D eigenvalue weighted by Gasteiger charge is -2.24. The van der Waals surface area contributed by atoms with E-state index in [1.807, 2.05) is 0 Å². The average Bonchev–Trinajstić information content (AvgIpc) is 2.92. The Kier molecular flexibility index (Phi) is 9.11. The van der Waals surface area contributed by atoms with Crippen LogP contribution in [0.25, 0.3) is 0 Å². The maximum atomic E-state index is 12.3. The minimum atomic E-state index is -0.886. The Balaban J connectivity index is 2.33. The monoisotopic (exact) mass is 318 g/mol. The molecule has 1 aliphatic rings. The highest BCUT2D eigenvalue weighted by Gasteiger charge is 2.28. The fourth-order valence-corrected chi connectivity index (χ4v) is 4.04. The highest BCUT2D eigenvalue weighted by Crippen LogP contribution is 2.16. The Bertz CT molecular complexity index is 339. The fraction of sp³-hybridized carbons (Fsp3) is 0.933. The van der Waals surface area contributed by atoms with Crippen LogP contribution >= 0.6 is 0 Å². The van der Waals surface area contributed by atoms with Gasteiger partial charge in [0.1, 0.15) is 0 Å². The van der Waals surface area contributed by atoms with Gasteiger partial charge in [-0.05, 0) is 25.8 Å². The summed E-state index contributed by atoms with van der Waals surface area (Å²) in [6, 6.07) is 0. The first-order valence-electron chi connectivity index (χ1n) is 8.17. The molecule has 1 saturated heterocycles. The van der Waals surface area contributed by atoms with Crippen molar-refractivity contribution < 1.29 is 14.1 Å². The lowest BCUT2D eigenvalue weighted by molar-refractivity contribution is -0.141. The van der Waals surface area contributed by atoms with Crippen molar-refractivity contribution in [2.75, 3.05) is 38.5 Å². The Morgan fingerprint density at radius 2 is 2.05 bits per heavy atom. The molecule has 0 saturated carbocycles. The number of carboxylic acid groups (broad SMARTS) is 1. The van der Waals surface area contributed by atoms with Crippen molar-refractivity contribution >= 4 is 17.0 Å². The Morgan fingerprint density at radius 3 is 2.62 bits per heavy atom. The third kappa shape index (κ3) is 6.89. The number of carboxylic acids is 1. The molecular weight excluding hydrogens is 288 g/mol. The number of carbonyl (C=O) groups is 1. The molecule has 0 amide bonds. The van der Waals surface area contributed by atoms with Crippen molar-refractivity contribution in [3.05, 3.63) is 0 Å². The molecule has 1 aliphatic heterocycles. The van der Waals surface area contributed by atoms with Gasteiger partial charge in [-0.3, -0.25) is 4.79 Å². The molecule has 2 atom stereocenters. The van der Waals surface area contributed by atoms with E-state index in [0.29, 0.717) is 6.54 Å². The second kappa shape index (κ2) is 10.3. The summed E-state index contributed by atoms with van der Waals surface area (Å²) >= 11 is 0. The highest BCUT2D eigenvalue weighted by atomic mass is 32.2. The minimum absolute atomic E-state index is 0.223. The van der Waals surface area contributed by atoms with Gasteiger partial charge >= 0.3 is 5.97 Å². The molecule has 1 fully saturated rings. The quantitative estimate of drug-likeness (QED) is 0.592. The number of unbranched alkanes of at least 4 members (excludes halogenated alkanes) is 2. The SMILES string of the molecule is CCCCCS(=O)N(CCC)CCN1CCC(C(=O)O)C1. The normalized spacial score (nSPS) is 21.0. The zero-order valence-corrected chi connectivity index (χ0v) is 14.2. The van der Waals surface area contributed by atoms with Crippen LogP contribution < -0.4 is 0 Å². The molecule has 1 N–H and O–H groups in total. The molecule has 1 heterocycles. The Labute approximate surface area is 131 Å². The van der Waals surface area contributed by atoms with Gasteiger partial charge in [-0.25, -0.2) is 8.51 Å². The van der Waals surface area contributed by atoms with Gasteiger partial charge in [0.2, 0.25) is 0 Å². The molecule has 0 radical (unpaired) electrons. The van der Waals surface area contributed by atoms with Gasteiger partial charge in [0, 0.05) is 31.9 Å². The van der Waals surface area contributed by atoms with Gasteiger partial charge in [0.05, 0.1) is 16.9 Å². The van der Waals surface area contributed by atoms with E-state index in [2.05, 4.69) is 23.1 Å². The van der Waals surface area contributed by atoms with Crippen LogP contribution in [0.4, 0.5) is 0 Å². The van der Waals surface area contributed by atoms with Gasteiger partial charge < -0.3 is 10.0 Å². The van der Waals surface area contributed by atoms with Crippen molar-refractivity contribution in [3.8, 4) is 0 Å². The van der Waals surface area contributed by atoms with Crippen molar-refractivity contribution in [1.82, 2.24) is 9.21 Å². The number of rotatable bonds is 11. The molecule has 0 bridgehead atoms. The first kappa shape index (κ1) is 18.6. The van der Waals surface area contributed by atoms with E-state index in [0.717, 1.165) is 64.0 Å². The summed E-state index contributed by atoms with van der Waals surface area (Å²) in [7, 11) is -0.886. The second-order valence-electron chi connectivity index (χ2n) is 5.79. The predicted molar refractivity (Wildman–Crippen MR) is 86.6 cm³/mol. The maximum absolute atomic E-state index is 12.3. The first-order chi connectivity index (χ1) is 10.1. The van der Waals surface area contributed by atoms with Crippen LogP contribution in [0, 0.1) is 5.92 Å². The second-order valence-corrected chi connectivity index (χ2v) is 7.35. The Morgan fingerprint density at radius 1 is 1.29 bits per heavy atom. The lowest BCUT2D eigenvalue weighted by atomic mass is 10.1. The van der Waals surface area contributed by atoms with E-state index in [1.54, 1.807) is 0 Å². The molecule has 6 heteroatoms. The maximum Gasteiger partial charge on any atom is 0.307 e. The van der Waals surface area contributed by atoms with Crippen LogP contribution in [0.15, 0.2) is 0 Å². The molecule has 0 aromatic rings.